The summed E-state index contributed by atoms with van der Waals surface area (Å²) < 4.78 is 13.4. The van der Waals surface area contributed by atoms with Gasteiger partial charge in [-0.05, 0) is 6.07 Å². The number of nitrogens with one attached hydrogen (secondary N) is 2. The lowest BCUT2D eigenvalue weighted by atomic mass is 10.2. The van der Waals surface area contributed by atoms with Crippen molar-refractivity contribution in [3.05, 3.63) is 47.8 Å². The van der Waals surface area contributed by atoms with Crippen LogP contribution in [0.3, 0.4) is 0 Å². The molecule has 0 saturated carbocycles. The van der Waals surface area contributed by atoms with Crippen LogP contribution < -0.4 is 10.6 Å². The van der Waals surface area contributed by atoms with Crippen molar-refractivity contribution in [1.82, 2.24) is 5.32 Å². The van der Waals surface area contributed by atoms with E-state index in [9.17, 15) is 24.5 Å². The number of amides is 2. The van der Waals surface area contributed by atoms with Gasteiger partial charge in [-0.2, -0.15) is 0 Å². The number of carbonyl (C=O) groups excluding carboxylic acids is 1. The molecule has 7 heteroatoms. The van der Waals surface area contributed by atoms with Gasteiger partial charge in [-0.3, -0.25) is 0 Å². The van der Waals surface area contributed by atoms with Crippen LogP contribution >= 0.6 is 0 Å². The minimum atomic E-state index is -0.674. The maximum Gasteiger partial charge on any atom is 0.319 e. The number of benzene rings is 2. The van der Waals surface area contributed by atoms with Crippen molar-refractivity contribution in [3.63, 3.8) is 0 Å². The molecule has 2 rings (SSSR count). The molecule has 2 aromatic rings. The van der Waals surface area contributed by atoms with Crippen molar-refractivity contribution in [1.29, 1.82) is 0 Å². The van der Waals surface area contributed by atoms with Gasteiger partial charge in [0.05, 0.1) is 5.69 Å². The summed E-state index contributed by atoms with van der Waals surface area (Å²) in [5, 5.41) is 32.6. The van der Waals surface area contributed by atoms with Crippen LogP contribution in [0, 0.1) is 5.82 Å². The third-order valence-corrected chi connectivity index (χ3v) is 2.72. The van der Waals surface area contributed by atoms with Crippen molar-refractivity contribution < 1.29 is 24.5 Å². The predicted molar refractivity (Wildman–Crippen MR) is 73.7 cm³/mol. The maximum absolute atomic E-state index is 13.4. The first kappa shape index (κ1) is 14.4. The van der Waals surface area contributed by atoms with E-state index < -0.39 is 29.1 Å². The van der Waals surface area contributed by atoms with E-state index in [1.54, 1.807) is 12.1 Å². The van der Waals surface area contributed by atoms with Gasteiger partial charge in [0.1, 0.15) is 5.82 Å². The summed E-state index contributed by atoms with van der Waals surface area (Å²) in [5.41, 5.74) is 0.401. The van der Waals surface area contributed by atoms with Crippen molar-refractivity contribution >= 4 is 11.7 Å². The van der Waals surface area contributed by atoms with E-state index in [0.717, 1.165) is 12.1 Å². The van der Waals surface area contributed by atoms with Gasteiger partial charge in [0.15, 0.2) is 17.2 Å². The average Bonchev–Trinajstić information content (AvgIpc) is 2.44. The quantitative estimate of drug-likeness (QED) is 0.442. The van der Waals surface area contributed by atoms with Gasteiger partial charge in [0, 0.05) is 24.2 Å². The topological polar surface area (TPSA) is 102 Å². The molecule has 6 nitrogen and oxygen atoms in total. The molecule has 0 aliphatic carbocycles. The number of phenolic OH excluding ortho intramolecular Hbond substituents is 3. The molecule has 0 spiro atoms. The van der Waals surface area contributed by atoms with E-state index in [1.165, 1.54) is 12.1 Å². The number of rotatable bonds is 3. The van der Waals surface area contributed by atoms with Gasteiger partial charge in [0.25, 0.3) is 0 Å². The smallest absolute Gasteiger partial charge is 0.319 e. The highest BCUT2D eigenvalue weighted by molar-refractivity contribution is 5.90. The maximum atomic E-state index is 13.4. The Bertz CT molecular complexity index is 653. The molecule has 2 amide bonds. The van der Waals surface area contributed by atoms with Gasteiger partial charge >= 0.3 is 6.03 Å². The monoisotopic (exact) mass is 292 g/mol. The SMILES string of the molecule is O=C(NCc1ccccc1F)Nc1cc(O)c(O)c(O)c1. The Morgan fingerprint density at radius 1 is 1.10 bits per heavy atom. The first-order valence-electron chi connectivity index (χ1n) is 6.00. The van der Waals surface area contributed by atoms with Gasteiger partial charge in [-0.15, -0.1) is 0 Å². The van der Waals surface area contributed by atoms with E-state index in [1.807, 2.05) is 0 Å². The van der Waals surface area contributed by atoms with Crippen LogP contribution in [0.15, 0.2) is 36.4 Å². The summed E-state index contributed by atoms with van der Waals surface area (Å²) in [6.45, 7) is -0.0193. The summed E-state index contributed by atoms with van der Waals surface area (Å²) in [5.74, 6) is -2.25. The highest BCUT2D eigenvalue weighted by atomic mass is 19.1. The van der Waals surface area contributed by atoms with E-state index in [-0.39, 0.29) is 12.2 Å². The van der Waals surface area contributed by atoms with Crippen molar-refractivity contribution in [2.45, 2.75) is 6.54 Å². The van der Waals surface area contributed by atoms with Crippen LogP contribution in [0.5, 0.6) is 17.2 Å². The molecule has 0 heterocycles. The molecule has 2 aromatic carbocycles. The van der Waals surface area contributed by atoms with Crippen LogP contribution in [0.25, 0.3) is 0 Å². The Hall–Kier alpha value is -2.96. The van der Waals surface area contributed by atoms with Gasteiger partial charge in [-0.25, -0.2) is 9.18 Å². The first-order valence-corrected chi connectivity index (χ1v) is 6.00. The normalized spacial score (nSPS) is 10.1. The number of halogens is 1. The lowest BCUT2D eigenvalue weighted by Crippen LogP contribution is -2.28. The Morgan fingerprint density at radius 2 is 1.71 bits per heavy atom. The Labute approximate surface area is 119 Å². The Balaban J connectivity index is 1.98. The number of phenols is 3. The highest BCUT2D eigenvalue weighted by Crippen LogP contribution is 2.37. The zero-order chi connectivity index (χ0) is 15.4. The second-order valence-corrected chi connectivity index (χ2v) is 4.26. The summed E-state index contributed by atoms with van der Waals surface area (Å²) in [6.07, 6.45) is 0. The first-order chi connectivity index (χ1) is 9.97. The molecule has 0 saturated heterocycles. The Kier molecular flexibility index (Phi) is 4.13. The minimum absolute atomic E-state index is 0.0193. The molecule has 0 bridgehead atoms. The van der Waals surface area contributed by atoms with Crippen LogP contribution in [0.2, 0.25) is 0 Å². The summed E-state index contributed by atoms with van der Waals surface area (Å²) in [4.78, 5) is 11.6. The molecule has 0 fully saturated rings. The summed E-state index contributed by atoms with van der Waals surface area (Å²) in [7, 11) is 0. The summed E-state index contributed by atoms with van der Waals surface area (Å²) >= 11 is 0. The molecule has 0 aliphatic rings. The molecule has 5 N–H and O–H groups in total. The largest absolute Gasteiger partial charge is 0.504 e. The lowest BCUT2D eigenvalue weighted by Gasteiger charge is -2.09. The summed E-state index contributed by atoms with van der Waals surface area (Å²) in [6, 6.07) is 7.49. The zero-order valence-electron chi connectivity index (χ0n) is 10.8. The molecule has 0 atom stereocenters. The fourth-order valence-corrected chi connectivity index (χ4v) is 1.67. The van der Waals surface area contributed by atoms with Crippen molar-refractivity contribution in [2.24, 2.45) is 0 Å². The standard InChI is InChI=1S/C14H13FN2O4/c15-10-4-2-1-3-8(10)7-16-14(21)17-9-5-11(18)13(20)12(19)6-9/h1-6,18-20H,7H2,(H2,16,17,21). The number of anilines is 1. The second kappa shape index (κ2) is 6.00. The van der Waals surface area contributed by atoms with Gasteiger partial charge in [0.2, 0.25) is 0 Å². The fourth-order valence-electron chi connectivity index (χ4n) is 1.67. The number of aromatic hydroxyl groups is 3. The van der Waals surface area contributed by atoms with Crippen LogP contribution in [-0.4, -0.2) is 21.4 Å². The molecule has 0 aromatic heterocycles. The fraction of sp³-hybridized carbons (Fsp3) is 0.0714. The number of hydrogen-bond acceptors (Lipinski definition) is 4. The molecule has 0 unspecified atom stereocenters. The van der Waals surface area contributed by atoms with E-state index in [0.29, 0.717) is 5.56 Å². The predicted octanol–water partition coefficient (Wildman–Crippen LogP) is 2.26. The minimum Gasteiger partial charge on any atom is -0.504 e. The molecular formula is C14H13FN2O4. The van der Waals surface area contributed by atoms with Crippen molar-refractivity contribution in [2.75, 3.05) is 5.32 Å². The van der Waals surface area contributed by atoms with Crippen molar-refractivity contribution in [3.8, 4) is 17.2 Å². The molecular weight excluding hydrogens is 279 g/mol. The molecule has 110 valence electrons. The van der Waals surface area contributed by atoms with Crippen LogP contribution in [0.4, 0.5) is 14.9 Å². The van der Waals surface area contributed by atoms with E-state index in [4.69, 9.17) is 0 Å². The molecule has 21 heavy (non-hydrogen) atoms. The van der Waals surface area contributed by atoms with E-state index >= 15 is 0 Å². The van der Waals surface area contributed by atoms with E-state index in [2.05, 4.69) is 10.6 Å². The number of hydrogen-bond donors (Lipinski definition) is 5. The zero-order valence-corrected chi connectivity index (χ0v) is 10.8. The lowest BCUT2D eigenvalue weighted by molar-refractivity contribution is 0.251. The highest BCUT2D eigenvalue weighted by Gasteiger charge is 2.10. The van der Waals surface area contributed by atoms with Crippen LogP contribution in [-0.2, 0) is 6.54 Å². The third kappa shape index (κ3) is 3.53. The Morgan fingerprint density at radius 3 is 2.33 bits per heavy atom. The second-order valence-electron chi connectivity index (χ2n) is 4.26. The average molecular weight is 292 g/mol. The number of carbonyl (C=O) groups is 1. The molecule has 0 radical (unpaired) electrons. The molecule has 0 aliphatic heterocycles. The van der Waals surface area contributed by atoms with Crippen LogP contribution in [0.1, 0.15) is 5.56 Å². The third-order valence-electron chi connectivity index (χ3n) is 2.72. The van der Waals surface area contributed by atoms with Gasteiger partial charge < -0.3 is 26.0 Å². The van der Waals surface area contributed by atoms with Gasteiger partial charge in [-0.1, -0.05) is 18.2 Å². The number of urea groups is 1.